The number of hydrogen-bond donors (Lipinski definition) is 0. The maximum atomic E-state index is 13.3. The number of halogens is 1. The molecule has 72 valence electrons. The highest BCUT2D eigenvalue weighted by Gasteiger charge is 2.08. The normalized spacial score (nSPS) is 10.5. The van der Waals surface area contributed by atoms with Crippen LogP contribution in [0.5, 0.6) is 0 Å². The Morgan fingerprint density at radius 3 is 2.31 bits per heavy atom. The summed E-state index contributed by atoms with van der Waals surface area (Å²) in [5.41, 5.74) is 4.33. The minimum Gasteiger partial charge on any atom is -0.207 e. The van der Waals surface area contributed by atoms with Gasteiger partial charge in [0.2, 0.25) is 0 Å². The van der Waals surface area contributed by atoms with Crippen LogP contribution in [0.2, 0.25) is 0 Å². The van der Waals surface area contributed by atoms with Gasteiger partial charge in [0.15, 0.2) is 0 Å². The first-order valence-corrected chi connectivity index (χ1v) is 4.83. The highest BCUT2D eigenvalue weighted by atomic mass is 19.1. The zero-order valence-electron chi connectivity index (χ0n) is 8.87. The van der Waals surface area contributed by atoms with Gasteiger partial charge in [0.1, 0.15) is 5.82 Å². The monoisotopic (exact) mass is 180 g/mol. The van der Waals surface area contributed by atoms with Crippen LogP contribution in [0.3, 0.4) is 0 Å². The lowest BCUT2D eigenvalue weighted by atomic mass is 9.95. The van der Waals surface area contributed by atoms with Gasteiger partial charge in [-0.1, -0.05) is 13.3 Å². The maximum Gasteiger partial charge on any atom is 0.126 e. The lowest BCUT2D eigenvalue weighted by Crippen LogP contribution is -1.99. The summed E-state index contributed by atoms with van der Waals surface area (Å²) in [7, 11) is 0. The quantitative estimate of drug-likeness (QED) is 0.651. The van der Waals surface area contributed by atoms with Crippen LogP contribution in [-0.2, 0) is 6.42 Å². The van der Waals surface area contributed by atoms with Gasteiger partial charge in [-0.3, -0.25) is 0 Å². The predicted octanol–water partition coefficient (Wildman–Crippen LogP) is 3.70. The molecule has 0 spiro atoms. The number of aryl methyl sites for hydroxylation is 1. The van der Waals surface area contributed by atoms with Gasteiger partial charge in [0.25, 0.3) is 0 Å². The molecule has 0 heterocycles. The van der Waals surface area contributed by atoms with Crippen molar-refractivity contribution in [3.8, 4) is 0 Å². The van der Waals surface area contributed by atoms with Crippen LogP contribution in [0.25, 0.3) is 0 Å². The van der Waals surface area contributed by atoms with E-state index in [1.54, 1.807) is 6.07 Å². The molecule has 0 unspecified atom stereocenters. The summed E-state index contributed by atoms with van der Waals surface area (Å²) >= 11 is 0. The first kappa shape index (κ1) is 10.2. The summed E-state index contributed by atoms with van der Waals surface area (Å²) in [5.74, 6) is -0.0634. The molecule has 0 atom stereocenters. The van der Waals surface area contributed by atoms with Crippen LogP contribution >= 0.6 is 0 Å². The SMILES string of the molecule is CCCc1c(C)c(C)cc(F)c1C. The minimum absolute atomic E-state index is 0.0634. The van der Waals surface area contributed by atoms with E-state index in [1.165, 1.54) is 11.1 Å². The number of rotatable bonds is 2. The van der Waals surface area contributed by atoms with E-state index in [9.17, 15) is 4.39 Å². The van der Waals surface area contributed by atoms with Gasteiger partial charge in [-0.2, -0.15) is 0 Å². The summed E-state index contributed by atoms with van der Waals surface area (Å²) in [5, 5.41) is 0. The summed E-state index contributed by atoms with van der Waals surface area (Å²) in [6.45, 7) is 8.04. The Labute approximate surface area is 79.8 Å². The van der Waals surface area contributed by atoms with Crippen molar-refractivity contribution in [3.63, 3.8) is 0 Å². The molecule has 0 nitrogen and oxygen atoms in total. The molecule has 0 amide bonds. The van der Waals surface area contributed by atoms with Crippen molar-refractivity contribution in [2.24, 2.45) is 0 Å². The Hall–Kier alpha value is -0.850. The summed E-state index contributed by atoms with van der Waals surface area (Å²) in [6, 6.07) is 1.63. The molecule has 0 fully saturated rings. The molecule has 0 saturated heterocycles. The predicted molar refractivity (Wildman–Crippen MR) is 54.6 cm³/mol. The molecule has 0 radical (unpaired) electrons. The molecule has 0 saturated carbocycles. The van der Waals surface area contributed by atoms with E-state index in [-0.39, 0.29) is 5.82 Å². The van der Waals surface area contributed by atoms with Crippen molar-refractivity contribution in [2.45, 2.75) is 40.5 Å². The Bertz CT molecular complexity index is 287. The van der Waals surface area contributed by atoms with Crippen LogP contribution in [0.15, 0.2) is 6.07 Å². The smallest absolute Gasteiger partial charge is 0.126 e. The maximum absolute atomic E-state index is 13.3. The van der Waals surface area contributed by atoms with E-state index < -0.39 is 0 Å². The first-order chi connectivity index (χ1) is 6.07. The largest absolute Gasteiger partial charge is 0.207 e. The molecule has 0 aliphatic rings. The Morgan fingerprint density at radius 1 is 1.15 bits per heavy atom. The van der Waals surface area contributed by atoms with Crippen molar-refractivity contribution >= 4 is 0 Å². The van der Waals surface area contributed by atoms with Gasteiger partial charge >= 0.3 is 0 Å². The Morgan fingerprint density at radius 2 is 1.77 bits per heavy atom. The third kappa shape index (κ3) is 1.90. The second-order valence-electron chi connectivity index (χ2n) is 3.65. The molecule has 1 rings (SSSR count). The topological polar surface area (TPSA) is 0 Å². The van der Waals surface area contributed by atoms with E-state index in [0.29, 0.717) is 0 Å². The Balaban J connectivity index is 3.28. The fourth-order valence-electron chi connectivity index (χ4n) is 1.69. The highest BCUT2D eigenvalue weighted by Crippen LogP contribution is 2.22. The van der Waals surface area contributed by atoms with Crippen LogP contribution < -0.4 is 0 Å². The van der Waals surface area contributed by atoms with E-state index in [4.69, 9.17) is 0 Å². The zero-order valence-corrected chi connectivity index (χ0v) is 8.87. The van der Waals surface area contributed by atoms with Gasteiger partial charge in [0, 0.05) is 0 Å². The average molecular weight is 180 g/mol. The van der Waals surface area contributed by atoms with Gasteiger partial charge in [-0.05, 0) is 55.5 Å². The van der Waals surface area contributed by atoms with Gasteiger partial charge in [0.05, 0.1) is 0 Å². The first-order valence-electron chi connectivity index (χ1n) is 4.83. The van der Waals surface area contributed by atoms with E-state index >= 15 is 0 Å². The van der Waals surface area contributed by atoms with E-state index in [0.717, 1.165) is 24.0 Å². The van der Waals surface area contributed by atoms with Crippen molar-refractivity contribution in [1.29, 1.82) is 0 Å². The van der Waals surface area contributed by atoms with Crippen LogP contribution in [-0.4, -0.2) is 0 Å². The lowest BCUT2D eigenvalue weighted by molar-refractivity contribution is 0.612. The molecule has 1 aromatic carbocycles. The standard InChI is InChI=1S/C12H17F/c1-5-6-11-9(3)8(2)7-12(13)10(11)4/h7H,5-6H2,1-4H3. The van der Waals surface area contributed by atoms with Crippen LogP contribution in [0.4, 0.5) is 4.39 Å². The summed E-state index contributed by atoms with van der Waals surface area (Å²) in [4.78, 5) is 0. The Kier molecular flexibility index (Phi) is 3.07. The molecule has 0 bridgehead atoms. The fourth-order valence-corrected chi connectivity index (χ4v) is 1.69. The van der Waals surface area contributed by atoms with Crippen molar-refractivity contribution in [1.82, 2.24) is 0 Å². The van der Waals surface area contributed by atoms with E-state index in [1.807, 2.05) is 13.8 Å². The third-order valence-electron chi connectivity index (χ3n) is 2.70. The van der Waals surface area contributed by atoms with Crippen LogP contribution in [0, 0.1) is 26.6 Å². The molecular formula is C12H17F. The lowest BCUT2D eigenvalue weighted by Gasteiger charge is -2.12. The molecular weight excluding hydrogens is 163 g/mol. The third-order valence-corrected chi connectivity index (χ3v) is 2.70. The minimum atomic E-state index is -0.0634. The van der Waals surface area contributed by atoms with Gasteiger partial charge in [-0.15, -0.1) is 0 Å². The highest BCUT2D eigenvalue weighted by molar-refractivity contribution is 5.40. The summed E-state index contributed by atoms with van der Waals surface area (Å²) in [6.07, 6.45) is 2.06. The number of hydrogen-bond acceptors (Lipinski definition) is 0. The molecule has 0 N–H and O–H groups in total. The zero-order chi connectivity index (χ0) is 10.0. The van der Waals surface area contributed by atoms with Crippen molar-refractivity contribution in [2.75, 3.05) is 0 Å². The second-order valence-corrected chi connectivity index (χ2v) is 3.65. The molecule has 0 aromatic heterocycles. The molecule has 0 aliphatic heterocycles. The number of benzene rings is 1. The van der Waals surface area contributed by atoms with Crippen LogP contribution in [0.1, 0.15) is 35.6 Å². The van der Waals surface area contributed by atoms with E-state index in [2.05, 4.69) is 13.8 Å². The average Bonchev–Trinajstić information content (AvgIpc) is 2.09. The molecule has 1 aromatic rings. The molecule has 13 heavy (non-hydrogen) atoms. The second kappa shape index (κ2) is 3.91. The van der Waals surface area contributed by atoms with Crippen molar-refractivity contribution < 1.29 is 4.39 Å². The van der Waals surface area contributed by atoms with Crippen molar-refractivity contribution in [3.05, 3.63) is 34.1 Å². The molecule has 1 heteroatoms. The molecule has 0 aliphatic carbocycles. The van der Waals surface area contributed by atoms with Gasteiger partial charge in [-0.25, -0.2) is 4.39 Å². The summed E-state index contributed by atoms with van der Waals surface area (Å²) < 4.78 is 13.3. The van der Waals surface area contributed by atoms with Gasteiger partial charge < -0.3 is 0 Å². The fraction of sp³-hybridized carbons (Fsp3) is 0.500.